The molecule has 1 fully saturated rings. The van der Waals surface area contributed by atoms with E-state index in [2.05, 4.69) is 34.1 Å². The van der Waals surface area contributed by atoms with E-state index >= 15 is 0 Å². The Balaban J connectivity index is 1.57. The van der Waals surface area contributed by atoms with Crippen molar-refractivity contribution in [2.45, 2.75) is 68.1 Å². The number of likely N-dealkylation sites (tertiary alicyclic amines) is 1. The Morgan fingerprint density at radius 2 is 1.87 bits per heavy atom. The lowest BCUT2D eigenvalue weighted by Gasteiger charge is -2.40. The molecule has 1 aliphatic heterocycles. The zero-order chi connectivity index (χ0) is 21.9. The van der Waals surface area contributed by atoms with Gasteiger partial charge < -0.3 is 15.0 Å². The summed E-state index contributed by atoms with van der Waals surface area (Å²) in [5, 5.41) is 11.4. The van der Waals surface area contributed by atoms with E-state index in [1.807, 2.05) is 11.8 Å². The van der Waals surface area contributed by atoms with Gasteiger partial charge in [0.05, 0.1) is 5.25 Å². The Bertz CT molecular complexity index is 850. The Hall–Kier alpha value is -2.01. The molecule has 3 rings (SSSR count). The average molecular weight is 461 g/mol. The molecule has 6 nitrogen and oxygen atoms in total. The van der Waals surface area contributed by atoms with Crippen LogP contribution < -0.4 is 10.1 Å². The van der Waals surface area contributed by atoms with Gasteiger partial charge in [-0.3, -0.25) is 4.79 Å². The van der Waals surface area contributed by atoms with Crippen molar-refractivity contribution in [3.63, 3.8) is 0 Å². The van der Waals surface area contributed by atoms with Crippen LogP contribution in [-0.4, -0.2) is 44.7 Å². The summed E-state index contributed by atoms with van der Waals surface area (Å²) in [6.07, 6.45) is -1.54. The van der Waals surface area contributed by atoms with E-state index in [4.69, 9.17) is 0 Å². The Kier molecular flexibility index (Phi) is 7.12. The molecule has 0 radical (unpaired) electrons. The Labute approximate surface area is 181 Å². The van der Waals surface area contributed by atoms with E-state index in [1.165, 1.54) is 47.4 Å². The molecule has 0 saturated carbocycles. The molecule has 1 aromatic carbocycles. The predicted octanol–water partition coefficient (Wildman–Crippen LogP) is 5.45. The maximum absolute atomic E-state index is 12.9. The number of nitrogens with zero attached hydrogens (tertiary/aromatic N) is 3. The summed E-state index contributed by atoms with van der Waals surface area (Å²) in [4.78, 5) is 14.9. The van der Waals surface area contributed by atoms with Crippen molar-refractivity contribution in [2.75, 3.05) is 5.32 Å². The SMILES string of the molecule is C[C@H](Sc1nnc(Nc2ccc(OC(F)(F)F)cc2)s1)C(=O)N1[C@@H](C)CCC[C@@H]1C. The van der Waals surface area contributed by atoms with Crippen LogP contribution >= 0.6 is 23.1 Å². The van der Waals surface area contributed by atoms with Gasteiger partial charge in [-0.1, -0.05) is 23.1 Å². The highest BCUT2D eigenvalue weighted by atomic mass is 32.2. The molecule has 0 bridgehead atoms. The summed E-state index contributed by atoms with van der Waals surface area (Å²) in [6, 6.07) is 5.82. The van der Waals surface area contributed by atoms with E-state index < -0.39 is 6.36 Å². The Morgan fingerprint density at radius 1 is 1.23 bits per heavy atom. The highest BCUT2D eigenvalue weighted by Crippen LogP contribution is 2.33. The molecule has 164 valence electrons. The summed E-state index contributed by atoms with van der Waals surface area (Å²) < 4.78 is 41.2. The van der Waals surface area contributed by atoms with Crippen molar-refractivity contribution < 1.29 is 22.7 Å². The first-order valence-electron chi connectivity index (χ1n) is 9.57. The van der Waals surface area contributed by atoms with E-state index in [0.717, 1.165) is 19.3 Å². The number of benzene rings is 1. The maximum atomic E-state index is 12.9. The predicted molar refractivity (Wildman–Crippen MR) is 111 cm³/mol. The van der Waals surface area contributed by atoms with Crippen molar-refractivity contribution in [1.82, 2.24) is 15.1 Å². The van der Waals surface area contributed by atoms with Gasteiger partial charge in [0, 0.05) is 17.8 Å². The second-order valence-electron chi connectivity index (χ2n) is 7.20. The normalized spacial score (nSPS) is 20.7. The van der Waals surface area contributed by atoms with Gasteiger partial charge >= 0.3 is 6.36 Å². The monoisotopic (exact) mass is 460 g/mol. The third-order valence-electron chi connectivity index (χ3n) is 4.82. The van der Waals surface area contributed by atoms with Gasteiger partial charge in [0.25, 0.3) is 0 Å². The number of piperidine rings is 1. The van der Waals surface area contributed by atoms with Crippen LogP contribution in [0, 0.1) is 0 Å². The zero-order valence-corrected chi connectivity index (χ0v) is 18.4. The molecule has 0 spiro atoms. The van der Waals surface area contributed by atoms with E-state index in [1.54, 1.807) is 0 Å². The lowest BCUT2D eigenvalue weighted by molar-refractivity contribution is -0.274. The summed E-state index contributed by atoms with van der Waals surface area (Å²) in [6.45, 7) is 6.04. The van der Waals surface area contributed by atoms with Crippen LogP contribution in [0.1, 0.15) is 40.0 Å². The lowest BCUT2D eigenvalue weighted by atomic mass is 9.97. The van der Waals surface area contributed by atoms with E-state index in [9.17, 15) is 18.0 Å². The number of alkyl halides is 3. The van der Waals surface area contributed by atoms with Crippen LogP contribution in [0.4, 0.5) is 24.0 Å². The summed E-state index contributed by atoms with van der Waals surface area (Å²) in [7, 11) is 0. The Morgan fingerprint density at radius 3 is 2.47 bits per heavy atom. The molecule has 0 unspecified atom stereocenters. The number of halogens is 3. The summed E-state index contributed by atoms with van der Waals surface area (Å²) in [5.41, 5.74) is 0.553. The van der Waals surface area contributed by atoms with Gasteiger partial charge in [-0.05, 0) is 64.3 Å². The standard InChI is InChI=1S/C19H23F3N4O2S2/c1-11-5-4-6-12(2)26(11)16(27)13(3)29-18-25-24-17(30-18)23-14-7-9-15(10-8-14)28-19(20,21)22/h7-13H,4-6H2,1-3H3,(H,23,24)/t11-,12-,13-/m0/s1. The number of hydrogen-bond donors (Lipinski definition) is 1. The number of carbonyl (C=O) groups is 1. The van der Waals surface area contributed by atoms with Crippen LogP contribution in [-0.2, 0) is 4.79 Å². The van der Waals surface area contributed by atoms with Crippen LogP contribution in [0.2, 0.25) is 0 Å². The number of aromatic nitrogens is 2. The minimum Gasteiger partial charge on any atom is -0.406 e. The fraction of sp³-hybridized carbons (Fsp3) is 0.526. The number of carbonyl (C=O) groups excluding carboxylic acids is 1. The molecule has 0 aliphatic carbocycles. The molecule has 1 amide bonds. The van der Waals surface area contributed by atoms with Crippen molar-refractivity contribution in [2.24, 2.45) is 0 Å². The largest absolute Gasteiger partial charge is 0.573 e. The number of anilines is 2. The molecule has 11 heteroatoms. The van der Waals surface area contributed by atoms with Crippen LogP contribution in [0.15, 0.2) is 28.6 Å². The van der Waals surface area contributed by atoms with Crippen LogP contribution in [0.3, 0.4) is 0 Å². The fourth-order valence-corrected chi connectivity index (χ4v) is 5.41. The topological polar surface area (TPSA) is 67.4 Å². The molecular weight excluding hydrogens is 437 g/mol. The van der Waals surface area contributed by atoms with Crippen LogP contribution in [0.5, 0.6) is 5.75 Å². The maximum Gasteiger partial charge on any atom is 0.573 e. The zero-order valence-electron chi connectivity index (χ0n) is 16.8. The molecule has 1 aliphatic rings. The minimum absolute atomic E-state index is 0.102. The molecule has 2 heterocycles. The third-order valence-corrected chi connectivity index (χ3v) is 6.83. The second-order valence-corrected chi connectivity index (χ2v) is 9.77. The van der Waals surface area contributed by atoms with Gasteiger partial charge in [0.1, 0.15) is 5.75 Å². The third kappa shape index (κ3) is 6.00. The lowest BCUT2D eigenvalue weighted by Crippen LogP contribution is -2.50. The van der Waals surface area contributed by atoms with Crippen molar-refractivity contribution in [1.29, 1.82) is 0 Å². The summed E-state index contributed by atoms with van der Waals surface area (Å²) in [5.74, 6) is -0.195. The molecule has 30 heavy (non-hydrogen) atoms. The summed E-state index contributed by atoms with van der Waals surface area (Å²) >= 11 is 2.64. The number of amides is 1. The fourth-order valence-electron chi connectivity index (χ4n) is 3.44. The molecule has 1 N–H and O–H groups in total. The first kappa shape index (κ1) is 22.7. The first-order valence-corrected chi connectivity index (χ1v) is 11.3. The van der Waals surface area contributed by atoms with Gasteiger partial charge in [0.15, 0.2) is 4.34 Å². The number of hydrogen-bond acceptors (Lipinski definition) is 7. The van der Waals surface area contributed by atoms with Crippen LogP contribution in [0.25, 0.3) is 0 Å². The second kappa shape index (κ2) is 9.42. The van der Waals surface area contributed by atoms with E-state index in [-0.39, 0.29) is 29.0 Å². The average Bonchev–Trinajstić information content (AvgIpc) is 3.08. The highest BCUT2D eigenvalue weighted by Gasteiger charge is 2.33. The molecule has 1 saturated heterocycles. The van der Waals surface area contributed by atoms with Gasteiger partial charge in [-0.2, -0.15) is 0 Å². The van der Waals surface area contributed by atoms with E-state index in [0.29, 0.717) is 15.2 Å². The van der Waals surface area contributed by atoms with Crippen molar-refractivity contribution in [3.05, 3.63) is 24.3 Å². The van der Waals surface area contributed by atoms with Gasteiger partial charge in [0.2, 0.25) is 11.0 Å². The molecule has 3 atom stereocenters. The van der Waals surface area contributed by atoms with Crippen molar-refractivity contribution >= 4 is 39.8 Å². The molecular formula is C19H23F3N4O2S2. The van der Waals surface area contributed by atoms with Gasteiger partial charge in [-0.25, -0.2) is 0 Å². The minimum atomic E-state index is -4.72. The highest BCUT2D eigenvalue weighted by molar-refractivity contribution is 8.02. The number of ether oxygens (including phenoxy) is 1. The molecule has 2 aromatic rings. The van der Waals surface area contributed by atoms with Crippen molar-refractivity contribution in [3.8, 4) is 5.75 Å². The molecule has 1 aromatic heterocycles. The number of rotatable bonds is 6. The first-order chi connectivity index (χ1) is 14.1. The quantitative estimate of drug-likeness (QED) is 0.578. The smallest absolute Gasteiger partial charge is 0.406 e. The van der Waals surface area contributed by atoms with Gasteiger partial charge in [-0.15, -0.1) is 23.4 Å². The number of nitrogens with one attached hydrogen (secondary N) is 1. The number of thioether (sulfide) groups is 1.